The van der Waals surface area contributed by atoms with Crippen LogP contribution in [-0.4, -0.2) is 20.1 Å². The Hall–Kier alpha value is -1.10. The minimum atomic E-state index is -0.333. The third kappa shape index (κ3) is 2.66. The SMILES string of the molecule is CCCn1nc(C)c([N+](=O)[O-])c1CC(Cl)C1CC1. The normalized spacial score (nSPS) is 16.8. The predicted molar refractivity (Wildman–Crippen MR) is 70.0 cm³/mol. The molecule has 0 spiro atoms. The standard InChI is InChI=1S/C12H18ClN3O2/c1-3-6-15-11(7-10(13)9-4-5-9)12(16(17)18)8(2)14-15/h9-10H,3-7H2,1-2H3. The Morgan fingerprint density at radius 3 is 2.78 bits per heavy atom. The number of halogens is 1. The van der Waals surface area contributed by atoms with Crippen LogP contribution in [0.2, 0.25) is 0 Å². The van der Waals surface area contributed by atoms with E-state index in [-0.39, 0.29) is 16.0 Å². The maximum Gasteiger partial charge on any atom is 0.313 e. The molecule has 5 nitrogen and oxygen atoms in total. The molecule has 1 fully saturated rings. The van der Waals surface area contributed by atoms with Crippen LogP contribution in [0.5, 0.6) is 0 Å². The van der Waals surface area contributed by atoms with Gasteiger partial charge < -0.3 is 0 Å². The minimum Gasteiger partial charge on any atom is -0.262 e. The summed E-state index contributed by atoms with van der Waals surface area (Å²) < 4.78 is 1.76. The molecule has 0 amide bonds. The van der Waals surface area contributed by atoms with E-state index in [1.807, 2.05) is 6.92 Å². The van der Waals surface area contributed by atoms with Gasteiger partial charge in [0, 0.05) is 18.3 Å². The summed E-state index contributed by atoms with van der Waals surface area (Å²) in [6.07, 6.45) is 3.73. The molecule has 1 aromatic heterocycles. The fraction of sp³-hybridized carbons (Fsp3) is 0.750. The highest BCUT2D eigenvalue weighted by Gasteiger charge is 2.34. The molecule has 1 atom stereocenters. The molecule has 100 valence electrons. The summed E-state index contributed by atoms with van der Waals surface area (Å²) in [5, 5.41) is 15.4. The summed E-state index contributed by atoms with van der Waals surface area (Å²) in [5.41, 5.74) is 1.32. The summed E-state index contributed by atoms with van der Waals surface area (Å²) in [6, 6.07) is 0. The van der Waals surface area contributed by atoms with E-state index in [0.29, 0.717) is 30.3 Å². The van der Waals surface area contributed by atoms with Crippen LogP contribution in [0.15, 0.2) is 0 Å². The smallest absolute Gasteiger partial charge is 0.262 e. The molecular weight excluding hydrogens is 254 g/mol. The maximum atomic E-state index is 11.1. The second-order valence-electron chi connectivity index (χ2n) is 4.92. The van der Waals surface area contributed by atoms with Crippen molar-refractivity contribution in [2.75, 3.05) is 0 Å². The second-order valence-corrected chi connectivity index (χ2v) is 5.48. The molecule has 1 aromatic rings. The first-order valence-electron chi connectivity index (χ1n) is 6.39. The Morgan fingerprint density at radius 1 is 1.61 bits per heavy atom. The van der Waals surface area contributed by atoms with Crippen molar-refractivity contribution in [2.24, 2.45) is 5.92 Å². The highest BCUT2D eigenvalue weighted by Crippen LogP contribution is 2.38. The highest BCUT2D eigenvalue weighted by atomic mass is 35.5. The Kier molecular flexibility index (Phi) is 3.90. The van der Waals surface area contributed by atoms with Crippen LogP contribution >= 0.6 is 11.6 Å². The Morgan fingerprint density at radius 2 is 2.28 bits per heavy atom. The van der Waals surface area contributed by atoms with E-state index >= 15 is 0 Å². The summed E-state index contributed by atoms with van der Waals surface area (Å²) >= 11 is 6.31. The van der Waals surface area contributed by atoms with Crippen molar-refractivity contribution < 1.29 is 4.92 Å². The Bertz CT molecular complexity index is 454. The number of alkyl halides is 1. The van der Waals surface area contributed by atoms with Crippen LogP contribution in [0.3, 0.4) is 0 Å². The summed E-state index contributed by atoms with van der Waals surface area (Å²) in [6.45, 7) is 4.43. The van der Waals surface area contributed by atoms with Crippen LogP contribution in [0, 0.1) is 23.0 Å². The quantitative estimate of drug-likeness (QED) is 0.454. The van der Waals surface area contributed by atoms with Gasteiger partial charge in [0.2, 0.25) is 0 Å². The molecule has 0 aliphatic heterocycles. The van der Waals surface area contributed by atoms with Crippen molar-refractivity contribution in [1.82, 2.24) is 9.78 Å². The van der Waals surface area contributed by atoms with Gasteiger partial charge in [0.1, 0.15) is 11.4 Å². The van der Waals surface area contributed by atoms with Crippen LogP contribution in [0.25, 0.3) is 0 Å². The van der Waals surface area contributed by atoms with Gasteiger partial charge in [-0.2, -0.15) is 5.10 Å². The highest BCUT2D eigenvalue weighted by molar-refractivity contribution is 6.21. The zero-order valence-electron chi connectivity index (χ0n) is 10.7. The lowest BCUT2D eigenvalue weighted by atomic mass is 10.1. The summed E-state index contributed by atoms with van der Waals surface area (Å²) in [7, 11) is 0. The third-order valence-corrected chi connectivity index (χ3v) is 3.85. The average Bonchev–Trinajstić information content (AvgIpc) is 3.07. The van der Waals surface area contributed by atoms with Gasteiger partial charge in [0.25, 0.3) is 0 Å². The first-order chi connectivity index (χ1) is 8.54. The number of hydrogen-bond acceptors (Lipinski definition) is 3. The van der Waals surface area contributed by atoms with Crippen molar-refractivity contribution in [3.63, 3.8) is 0 Å². The lowest BCUT2D eigenvalue weighted by molar-refractivity contribution is -0.386. The molecule has 1 heterocycles. The van der Waals surface area contributed by atoms with E-state index < -0.39 is 0 Å². The summed E-state index contributed by atoms with van der Waals surface area (Å²) in [5.74, 6) is 0.525. The molecule has 6 heteroatoms. The van der Waals surface area contributed by atoms with Gasteiger partial charge in [-0.25, -0.2) is 0 Å². The zero-order chi connectivity index (χ0) is 13.3. The van der Waals surface area contributed by atoms with Gasteiger partial charge in [0.05, 0.1) is 4.92 Å². The van der Waals surface area contributed by atoms with Crippen LogP contribution in [0.4, 0.5) is 5.69 Å². The fourth-order valence-electron chi connectivity index (χ4n) is 2.27. The van der Waals surface area contributed by atoms with Gasteiger partial charge in [-0.3, -0.25) is 14.8 Å². The molecule has 0 aromatic carbocycles. The second kappa shape index (κ2) is 5.26. The predicted octanol–water partition coefficient (Wildman–Crippen LogP) is 3.07. The molecule has 1 aliphatic carbocycles. The molecule has 0 bridgehead atoms. The molecule has 1 saturated carbocycles. The number of rotatable bonds is 6. The Balaban J connectivity index is 2.30. The lowest BCUT2D eigenvalue weighted by Crippen LogP contribution is -2.13. The van der Waals surface area contributed by atoms with Gasteiger partial charge in [-0.05, 0) is 32.1 Å². The number of aryl methyl sites for hydroxylation is 2. The van der Waals surface area contributed by atoms with Gasteiger partial charge >= 0.3 is 5.69 Å². The molecule has 0 saturated heterocycles. The first kappa shape index (κ1) is 13.3. The molecule has 0 N–H and O–H groups in total. The van der Waals surface area contributed by atoms with E-state index in [1.54, 1.807) is 11.6 Å². The van der Waals surface area contributed by atoms with E-state index in [2.05, 4.69) is 5.10 Å². The van der Waals surface area contributed by atoms with E-state index in [4.69, 9.17) is 11.6 Å². The van der Waals surface area contributed by atoms with E-state index in [0.717, 1.165) is 19.3 Å². The number of hydrogen-bond donors (Lipinski definition) is 0. The summed E-state index contributed by atoms with van der Waals surface area (Å²) in [4.78, 5) is 10.8. The van der Waals surface area contributed by atoms with Gasteiger partial charge in [0.15, 0.2) is 0 Å². The lowest BCUT2D eigenvalue weighted by Gasteiger charge is -2.09. The largest absolute Gasteiger partial charge is 0.313 e. The Labute approximate surface area is 111 Å². The minimum absolute atomic E-state index is 0.00425. The number of nitro groups is 1. The van der Waals surface area contributed by atoms with Crippen molar-refractivity contribution in [3.8, 4) is 0 Å². The van der Waals surface area contributed by atoms with Gasteiger partial charge in [-0.15, -0.1) is 11.6 Å². The number of nitrogens with zero attached hydrogens (tertiary/aromatic N) is 3. The van der Waals surface area contributed by atoms with Crippen molar-refractivity contribution in [2.45, 2.75) is 51.5 Å². The fourth-order valence-corrected chi connectivity index (χ4v) is 2.66. The van der Waals surface area contributed by atoms with E-state index in [1.165, 1.54) is 0 Å². The van der Waals surface area contributed by atoms with Crippen molar-refractivity contribution >= 4 is 17.3 Å². The monoisotopic (exact) mass is 271 g/mol. The number of aromatic nitrogens is 2. The average molecular weight is 272 g/mol. The topological polar surface area (TPSA) is 61.0 Å². The molecule has 0 radical (unpaired) electrons. The van der Waals surface area contributed by atoms with E-state index in [9.17, 15) is 10.1 Å². The molecular formula is C12H18ClN3O2. The third-order valence-electron chi connectivity index (χ3n) is 3.34. The van der Waals surface area contributed by atoms with Crippen molar-refractivity contribution in [1.29, 1.82) is 0 Å². The zero-order valence-corrected chi connectivity index (χ0v) is 11.5. The van der Waals surface area contributed by atoms with Crippen LogP contribution in [0.1, 0.15) is 37.6 Å². The molecule has 2 rings (SSSR count). The van der Waals surface area contributed by atoms with Crippen LogP contribution < -0.4 is 0 Å². The molecule has 18 heavy (non-hydrogen) atoms. The van der Waals surface area contributed by atoms with Crippen LogP contribution in [-0.2, 0) is 13.0 Å². The molecule has 1 unspecified atom stereocenters. The van der Waals surface area contributed by atoms with Gasteiger partial charge in [-0.1, -0.05) is 6.92 Å². The first-order valence-corrected chi connectivity index (χ1v) is 6.83. The molecule has 1 aliphatic rings. The van der Waals surface area contributed by atoms with Crippen molar-refractivity contribution in [3.05, 3.63) is 21.5 Å². The maximum absolute atomic E-state index is 11.1.